The zero-order valence-electron chi connectivity index (χ0n) is 45.6. The van der Waals surface area contributed by atoms with Crippen LogP contribution in [0.25, 0.3) is 22.3 Å². The van der Waals surface area contributed by atoms with Gasteiger partial charge in [-0.25, -0.2) is 14.6 Å². The zero-order valence-corrected chi connectivity index (χ0v) is 45.6. The van der Waals surface area contributed by atoms with Gasteiger partial charge in [0.25, 0.3) is 17.4 Å². The molecule has 2 aromatic heterocycles. The first-order valence-electron chi connectivity index (χ1n) is 26.9. The van der Waals surface area contributed by atoms with Crippen LogP contribution in [0.5, 0.6) is 5.75 Å². The lowest BCUT2D eigenvalue weighted by molar-refractivity contribution is -0.159. The summed E-state index contributed by atoms with van der Waals surface area (Å²) in [5, 5.41) is 18.8. The molecule has 82 heavy (non-hydrogen) atoms. The molecule has 5 amide bonds. The van der Waals surface area contributed by atoms with E-state index in [4.69, 9.17) is 57.1 Å². The molecular weight excluding hydrogens is 1080 g/mol. The summed E-state index contributed by atoms with van der Waals surface area (Å²) in [6, 6.07) is 12.9. The Kier molecular flexibility index (Phi) is 24.7. The number of ether oxygens (including phenoxy) is 11. The summed E-state index contributed by atoms with van der Waals surface area (Å²) >= 11 is 0. The molecule has 3 aliphatic heterocycles. The molecule has 0 fully saturated rings. The third-order valence-corrected chi connectivity index (χ3v) is 12.8. The number of carbonyl (C=O) groups excluding carboxylic acids is 7. The molecule has 7 rings (SSSR count). The van der Waals surface area contributed by atoms with E-state index >= 15 is 0 Å². The van der Waals surface area contributed by atoms with Crippen molar-refractivity contribution in [1.29, 1.82) is 0 Å². The molecule has 442 valence electrons. The molecule has 4 aromatic rings. The number of benzene rings is 2. The minimum atomic E-state index is -1.56. The molecule has 0 saturated heterocycles. The number of aryl methyl sites for hydroxylation is 1. The average molecular weight is 1150 g/mol. The lowest BCUT2D eigenvalue weighted by Crippen LogP contribution is -2.35. The summed E-state index contributed by atoms with van der Waals surface area (Å²) in [7, 11) is 0. The second-order valence-corrected chi connectivity index (χ2v) is 18.4. The number of anilines is 1. The first kappa shape index (κ1) is 61.9. The van der Waals surface area contributed by atoms with E-state index in [1.54, 1.807) is 47.0 Å². The Hall–Kier alpha value is -7.69. The monoisotopic (exact) mass is 1140 g/mol. The van der Waals surface area contributed by atoms with Crippen molar-refractivity contribution in [3.63, 3.8) is 0 Å². The summed E-state index contributed by atoms with van der Waals surface area (Å²) in [5.41, 5.74) is 4.34. The van der Waals surface area contributed by atoms with E-state index in [0.717, 1.165) is 21.4 Å². The van der Waals surface area contributed by atoms with Crippen molar-refractivity contribution in [3.05, 3.63) is 98.9 Å². The second-order valence-electron chi connectivity index (χ2n) is 18.4. The number of esters is 1. The van der Waals surface area contributed by atoms with Gasteiger partial charge in [-0.1, -0.05) is 19.1 Å². The van der Waals surface area contributed by atoms with Gasteiger partial charge in [0.15, 0.2) is 0 Å². The SMILES string of the molecule is CCc1c2c(nc3ccc(O)cc13)-c1cc3c(c(=O)n1C2)COC(=O)[C@H]3OC(=O)OCc1ccc(NC(=O)CNC(=O)CCOCCOCCOCCOCCOCCOCCOCCOCCNC(=O)CCN2C(=O)C=CC2=O)cc1. The van der Waals surface area contributed by atoms with Crippen LogP contribution < -0.4 is 21.5 Å². The van der Waals surface area contributed by atoms with Gasteiger partial charge in [-0.05, 0) is 53.9 Å². The number of hydrogen-bond donors (Lipinski definition) is 4. The molecule has 26 heteroatoms. The van der Waals surface area contributed by atoms with Crippen LogP contribution in [0.15, 0.2) is 65.5 Å². The molecule has 3 aliphatic rings. The number of aromatic hydroxyl groups is 1. The van der Waals surface area contributed by atoms with Gasteiger partial charge in [0.1, 0.15) is 19.0 Å². The largest absolute Gasteiger partial charge is 0.509 e. The molecule has 0 bridgehead atoms. The number of imide groups is 1. The highest BCUT2D eigenvalue weighted by Crippen LogP contribution is 2.39. The van der Waals surface area contributed by atoms with Gasteiger partial charge in [0.2, 0.25) is 23.8 Å². The van der Waals surface area contributed by atoms with E-state index in [9.17, 15) is 43.5 Å². The molecule has 26 nitrogen and oxygen atoms in total. The van der Waals surface area contributed by atoms with E-state index in [1.165, 1.54) is 18.2 Å². The van der Waals surface area contributed by atoms with Crippen molar-refractivity contribution >= 4 is 58.3 Å². The second kappa shape index (κ2) is 32.7. The van der Waals surface area contributed by atoms with E-state index in [1.807, 2.05) is 6.92 Å². The zero-order chi connectivity index (χ0) is 58.1. The number of nitrogens with one attached hydrogen (secondary N) is 3. The Morgan fingerprint density at radius 2 is 1.24 bits per heavy atom. The number of amides is 5. The fourth-order valence-electron chi connectivity index (χ4n) is 8.65. The average Bonchev–Trinajstić information content (AvgIpc) is 4.23. The number of rotatable bonds is 37. The number of fused-ring (bicyclic) bond motifs is 5. The molecule has 0 saturated carbocycles. The van der Waals surface area contributed by atoms with E-state index in [-0.39, 0.29) is 87.6 Å². The lowest BCUT2D eigenvalue weighted by atomic mass is 9.97. The first-order chi connectivity index (χ1) is 39.9. The van der Waals surface area contributed by atoms with Crippen molar-refractivity contribution in [2.45, 2.75) is 52.0 Å². The highest BCUT2D eigenvalue weighted by molar-refractivity contribution is 6.13. The van der Waals surface area contributed by atoms with Crippen molar-refractivity contribution in [3.8, 4) is 17.1 Å². The van der Waals surface area contributed by atoms with Gasteiger partial charge < -0.3 is 77.7 Å². The third-order valence-electron chi connectivity index (χ3n) is 12.8. The van der Waals surface area contributed by atoms with E-state index in [2.05, 4.69) is 16.0 Å². The topological polar surface area (TPSA) is 315 Å². The number of phenols is 1. The Morgan fingerprint density at radius 1 is 0.671 bits per heavy atom. The molecule has 0 unspecified atom stereocenters. The Labute approximate surface area is 471 Å². The number of aromatic nitrogens is 2. The fourth-order valence-corrected chi connectivity index (χ4v) is 8.65. The molecule has 4 N–H and O–H groups in total. The minimum Gasteiger partial charge on any atom is -0.508 e. The Bertz CT molecular complexity index is 2930. The summed E-state index contributed by atoms with van der Waals surface area (Å²) in [6.45, 7) is 7.45. The van der Waals surface area contributed by atoms with Crippen LogP contribution in [0.1, 0.15) is 53.7 Å². The van der Waals surface area contributed by atoms with Crippen LogP contribution in [0.3, 0.4) is 0 Å². The van der Waals surface area contributed by atoms with Crippen LogP contribution in [-0.4, -0.2) is 187 Å². The number of nitrogens with zero attached hydrogens (tertiary/aromatic N) is 3. The maximum atomic E-state index is 13.8. The quantitative estimate of drug-likeness (QED) is 0.0251. The van der Waals surface area contributed by atoms with Crippen LogP contribution in [0.4, 0.5) is 10.5 Å². The molecule has 0 spiro atoms. The number of carbonyl (C=O) groups is 7. The van der Waals surface area contributed by atoms with E-state index in [0.29, 0.717) is 134 Å². The third kappa shape index (κ3) is 18.7. The van der Waals surface area contributed by atoms with Crippen LogP contribution in [-0.2, 0) is 107 Å². The van der Waals surface area contributed by atoms with Crippen LogP contribution in [0, 0.1) is 0 Å². The van der Waals surface area contributed by atoms with Gasteiger partial charge in [0, 0.05) is 60.3 Å². The molecule has 5 heterocycles. The van der Waals surface area contributed by atoms with Crippen LogP contribution >= 0.6 is 0 Å². The van der Waals surface area contributed by atoms with Crippen molar-refractivity contribution < 1.29 is 90.8 Å². The van der Waals surface area contributed by atoms with Gasteiger partial charge >= 0.3 is 12.1 Å². The van der Waals surface area contributed by atoms with Gasteiger partial charge in [-0.3, -0.25) is 33.7 Å². The normalized spacial score (nSPS) is 14.1. The Morgan fingerprint density at radius 3 is 1.84 bits per heavy atom. The molecule has 0 radical (unpaired) electrons. The van der Waals surface area contributed by atoms with Crippen molar-refractivity contribution in [2.24, 2.45) is 0 Å². The minimum absolute atomic E-state index is 0.0293. The van der Waals surface area contributed by atoms with E-state index < -0.39 is 41.5 Å². The van der Waals surface area contributed by atoms with Crippen molar-refractivity contribution in [1.82, 2.24) is 25.1 Å². The number of hydrogen-bond acceptors (Lipinski definition) is 21. The maximum Gasteiger partial charge on any atom is 0.509 e. The fraction of sp³-hybridized carbons (Fsp3) is 0.482. The van der Waals surface area contributed by atoms with Gasteiger partial charge in [0.05, 0.1) is 141 Å². The van der Waals surface area contributed by atoms with Gasteiger partial charge in [-0.2, -0.15) is 0 Å². The number of phenolic OH excluding ortho intramolecular Hbond substituents is 1. The number of pyridine rings is 2. The standard InChI is InChI=1S/C56H68N6O20/c1-2-40-41-31-39(63)7-8-45(41)60-52-43(40)34-62-46(52)32-42-44(54(62)69)36-80-55(70)53(42)82-56(71)81-35-37-3-5-38(6-4-37)59-49(66)33-58-48(65)12-15-72-17-19-74-21-23-76-25-27-78-29-30-79-28-26-77-24-22-75-20-18-73-16-13-57-47(64)11-14-61-50(67)9-10-51(61)68/h3-10,31-32,53,63H,2,11-30,33-36H2,1H3,(H,57,64)(H,58,65)(H,59,66)/t53-/m0/s1. The summed E-state index contributed by atoms with van der Waals surface area (Å²) in [6.07, 6.45) is 0.317. The Balaban J connectivity index is 0.629. The van der Waals surface area contributed by atoms with Gasteiger partial charge in [-0.15, -0.1) is 0 Å². The summed E-state index contributed by atoms with van der Waals surface area (Å²) in [4.78, 5) is 105. The predicted molar refractivity (Wildman–Crippen MR) is 288 cm³/mol. The molecule has 1 atom stereocenters. The molecule has 2 aromatic carbocycles. The number of cyclic esters (lactones) is 1. The molecular formula is C56H68N6O20. The predicted octanol–water partition coefficient (Wildman–Crippen LogP) is 2.15. The smallest absolute Gasteiger partial charge is 0.508 e. The highest BCUT2D eigenvalue weighted by Gasteiger charge is 2.38. The lowest BCUT2D eigenvalue weighted by Gasteiger charge is -2.24. The van der Waals surface area contributed by atoms with Crippen molar-refractivity contribution in [2.75, 3.05) is 131 Å². The summed E-state index contributed by atoms with van der Waals surface area (Å²) < 4.78 is 61.3. The van der Waals surface area contributed by atoms with Crippen LogP contribution in [0.2, 0.25) is 0 Å². The highest BCUT2D eigenvalue weighted by atomic mass is 16.7. The maximum absolute atomic E-state index is 13.8. The molecule has 0 aliphatic carbocycles. The summed E-state index contributed by atoms with van der Waals surface area (Å²) in [5.74, 6) is -2.70. The first-order valence-corrected chi connectivity index (χ1v) is 26.9.